The summed E-state index contributed by atoms with van der Waals surface area (Å²) in [6, 6.07) is 6.79. The van der Waals surface area contributed by atoms with Gasteiger partial charge < -0.3 is 19.7 Å². The normalized spacial score (nSPS) is 17.0. The molecule has 0 bridgehead atoms. The van der Waals surface area contributed by atoms with Gasteiger partial charge in [0, 0.05) is 38.8 Å². The molecule has 2 rings (SSSR count). The predicted octanol–water partition coefficient (Wildman–Crippen LogP) is 2.38. The summed E-state index contributed by atoms with van der Waals surface area (Å²) in [5, 5.41) is 3.45. The Hall–Kier alpha value is -1.30. The molecule has 0 aromatic heterocycles. The lowest BCUT2D eigenvalue weighted by Crippen LogP contribution is -2.48. The molecule has 0 spiro atoms. The molecule has 1 heterocycles. The van der Waals surface area contributed by atoms with Crippen molar-refractivity contribution in [2.75, 3.05) is 59.5 Å². The summed E-state index contributed by atoms with van der Waals surface area (Å²) in [6.07, 6.45) is 0. The minimum atomic E-state index is 0.386. The lowest BCUT2D eigenvalue weighted by Gasteiger charge is -2.38. The molecule has 5 nitrogen and oxygen atoms in total. The molecule has 1 atom stereocenters. The van der Waals surface area contributed by atoms with Crippen molar-refractivity contribution < 1.29 is 9.47 Å². The van der Waals surface area contributed by atoms with Gasteiger partial charge in [-0.25, -0.2) is 0 Å². The van der Waals surface area contributed by atoms with Crippen LogP contribution < -0.4 is 14.8 Å². The molecule has 1 unspecified atom stereocenters. The Labute approximate surface area is 146 Å². The largest absolute Gasteiger partial charge is 0.493 e. The average Bonchev–Trinajstić information content (AvgIpc) is 2.64. The van der Waals surface area contributed by atoms with Gasteiger partial charge >= 0.3 is 0 Å². The zero-order valence-electron chi connectivity index (χ0n) is 15.7. The van der Waals surface area contributed by atoms with Gasteiger partial charge in [-0.2, -0.15) is 0 Å². The fourth-order valence-corrected chi connectivity index (χ4v) is 3.32. The van der Waals surface area contributed by atoms with Crippen molar-refractivity contribution >= 4 is 0 Å². The summed E-state index contributed by atoms with van der Waals surface area (Å²) in [6.45, 7) is 14.6. The Morgan fingerprint density at radius 1 is 1.12 bits per heavy atom. The number of hydrogen-bond donors (Lipinski definition) is 1. The summed E-state index contributed by atoms with van der Waals surface area (Å²) < 4.78 is 11.2. The number of piperazine rings is 1. The molecule has 0 amide bonds. The van der Waals surface area contributed by atoms with Gasteiger partial charge in [0.05, 0.1) is 13.7 Å². The van der Waals surface area contributed by atoms with Crippen molar-refractivity contribution in [1.82, 2.24) is 15.1 Å². The van der Waals surface area contributed by atoms with E-state index in [1.54, 1.807) is 7.11 Å². The van der Waals surface area contributed by atoms with E-state index in [-0.39, 0.29) is 0 Å². The number of benzene rings is 1. The summed E-state index contributed by atoms with van der Waals surface area (Å²) in [5.41, 5.74) is 1.31. The standard InChI is InChI=1S/C19H33N3O2/c1-5-21(6-2)15-17(22-12-10-20-11-13-22)16-8-9-18(24-7-3)19(14-16)23-4/h8-9,14,17,20H,5-7,10-13,15H2,1-4H3. The fraction of sp³-hybridized carbons (Fsp3) is 0.684. The minimum Gasteiger partial charge on any atom is -0.493 e. The van der Waals surface area contributed by atoms with Crippen LogP contribution in [0, 0.1) is 0 Å². The van der Waals surface area contributed by atoms with Crippen molar-refractivity contribution in [3.05, 3.63) is 23.8 Å². The molecule has 1 saturated heterocycles. The van der Waals surface area contributed by atoms with Gasteiger partial charge in [0.25, 0.3) is 0 Å². The van der Waals surface area contributed by atoms with Crippen molar-refractivity contribution in [3.63, 3.8) is 0 Å². The Balaban J connectivity index is 2.27. The highest BCUT2D eigenvalue weighted by molar-refractivity contribution is 5.44. The highest BCUT2D eigenvalue weighted by Crippen LogP contribution is 2.32. The van der Waals surface area contributed by atoms with E-state index in [9.17, 15) is 0 Å². The van der Waals surface area contributed by atoms with Crippen LogP contribution in [0.15, 0.2) is 18.2 Å². The third kappa shape index (κ3) is 4.85. The van der Waals surface area contributed by atoms with Gasteiger partial charge in [-0.1, -0.05) is 19.9 Å². The molecular weight excluding hydrogens is 302 g/mol. The van der Waals surface area contributed by atoms with E-state index in [1.165, 1.54) is 5.56 Å². The van der Waals surface area contributed by atoms with Crippen LogP contribution in [0.3, 0.4) is 0 Å². The van der Waals surface area contributed by atoms with Gasteiger partial charge in [-0.3, -0.25) is 4.90 Å². The number of hydrogen-bond acceptors (Lipinski definition) is 5. The maximum Gasteiger partial charge on any atom is 0.161 e. The summed E-state index contributed by atoms with van der Waals surface area (Å²) in [7, 11) is 1.71. The lowest BCUT2D eigenvalue weighted by molar-refractivity contribution is 0.129. The fourth-order valence-electron chi connectivity index (χ4n) is 3.32. The first-order valence-corrected chi connectivity index (χ1v) is 9.21. The molecule has 1 aliphatic rings. The zero-order chi connectivity index (χ0) is 17.4. The topological polar surface area (TPSA) is 37.0 Å². The molecular formula is C19H33N3O2. The first kappa shape index (κ1) is 19.0. The predicted molar refractivity (Wildman–Crippen MR) is 99.1 cm³/mol. The van der Waals surface area contributed by atoms with E-state index in [4.69, 9.17) is 9.47 Å². The quantitative estimate of drug-likeness (QED) is 0.750. The number of rotatable bonds is 9. The molecule has 1 aromatic carbocycles. The molecule has 136 valence electrons. The van der Waals surface area contributed by atoms with Gasteiger partial charge in [-0.05, 0) is 37.7 Å². The second-order valence-electron chi connectivity index (χ2n) is 6.13. The van der Waals surface area contributed by atoms with E-state index in [2.05, 4.69) is 47.2 Å². The Kier molecular flexibility index (Phi) is 7.82. The highest BCUT2D eigenvalue weighted by atomic mass is 16.5. The first-order valence-electron chi connectivity index (χ1n) is 9.21. The van der Waals surface area contributed by atoms with E-state index in [0.29, 0.717) is 12.6 Å². The molecule has 0 saturated carbocycles. The number of methoxy groups -OCH3 is 1. The average molecular weight is 335 g/mol. The second kappa shape index (κ2) is 9.87. The van der Waals surface area contributed by atoms with Crippen LogP contribution in [-0.4, -0.2) is 69.3 Å². The van der Waals surface area contributed by atoms with Gasteiger partial charge in [0.1, 0.15) is 0 Å². The minimum absolute atomic E-state index is 0.386. The molecule has 24 heavy (non-hydrogen) atoms. The summed E-state index contributed by atoms with van der Waals surface area (Å²) in [4.78, 5) is 5.08. The molecule has 5 heteroatoms. The van der Waals surface area contributed by atoms with Crippen molar-refractivity contribution in [2.45, 2.75) is 26.8 Å². The zero-order valence-corrected chi connectivity index (χ0v) is 15.7. The van der Waals surface area contributed by atoms with E-state index in [0.717, 1.165) is 57.3 Å². The molecule has 1 N–H and O–H groups in total. The van der Waals surface area contributed by atoms with E-state index in [1.807, 2.05) is 6.92 Å². The number of nitrogens with zero attached hydrogens (tertiary/aromatic N) is 2. The summed E-state index contributed by atoms with van der Waals surface area (Å²) in [5.74, 6) is 1.65. The first-order chi connectivity index (χ1) is 11.7. The third-order valence-electron chi connectivity index (χ3n) is 4.79. The van der Waals surface area contributed by atoms with Crippen molar-refractivity contribution in [1.29, 1.82) is 0 Å². The summed E-state index contributed by atoms with van der Waals surface area (Å²) >= 11 is 0. The van der Waals surface area contributed by atoms with Gasteiger partial charge in [-0.15, -0.1) is 0 Å². The smallest absolute Gasteiger partial charge is 0.161 e. The van der Waals surface area contributed by atoms with Crippen LogP contribution in [-0.2, 0) is 0 Å². The van der Waals surface area contributed by atoms with Crippen LogP contribution >= 0.6 is 0 Å². The molecule has 1 fully saturated rings. The maximum absolute atomic E-state index is 5.67. The maximum atomic E-state index is 5.67. The number of nitrogens with one attached hydrogen (secondary N) is 1. The molecule has 1 aliphatic heterocycles. The Morgan fingerprint density at radius 2 is 1.83 bits per heavy atom. The third-order valence-corrected chi connectivity index (χ3v) is 4.79. The van der Waals surface area contributed by atoms with Crippen LogP contribution in [0.25, 0.3) is 0 Å². The van der Waals surface area contributed by atoms with Gasteiger partial charge in [0.15, 0.2) is 11.5 Å². The molecule has 1 aromatic rings. The lowest BCUT2D eigenvalue weighted by atomic mass is 10.0. The van der Waals surface area contributed by atoms with Crippen LogP contribution in [0.4, 0.5) is 0 Å². The van der Waals surface area contributed by atoms with Crippen LogP contribution in [0.5, 0.6) is 11.5 Å². The monoisotopic (exact) mass is 335 g/mol. The van der Waals surface area contributed by atoms with E-state index >= 15 is 0 Å². The SMILES string of the molecule is CCOc1ccc(C(CN(CC)CC)N2CCNCC2)cc1OC. The highest BCUT2D eigenvalue weighted by Gasteiger charge is 2.24. The van der Waals surface area contributed by atoms with Crippen LogP contribution in [0.2, 0.25) is 0 Å². The Bertz CT molecular complexity index is 486. The second-order valence-corrected chi connectivity index (χ2v) is 6.13. The molecule has 0 aliphatic carbocycles. The van der Waals surface area contributed by atoms with Crippen molar-refractivity contribution in [3.8, 4) is 11.5 Å². The van der Waals surface area contributed by atoms with E-state index < -0.39 is 0 Å². The Morgan fingerprint density at radius 3 is 2.42 bits per heavy atom. The number of likely N-dealkylation sites (N-methyl/N-ethyl adjacent to an activating group) is 1. The van der Waals surface area contributed by atoms with Gasteiger partial charge in [0.2, 0.25) is 0 Å². The van der Waals surface area contributed by atoms with Crippen LogP contribution in [0.1, 0.15) is 32.4 Å². The van der Waals surface area contributed by atoms with Crippen molar-refractivity contribution in [2.24, 2.45) is 0 Å². The number of ether oxygens (including phenoxy) is 2. The molecule has 0 radical (unpaired) electrons.